The van der Waals surface area contributed by atoms with Gasteiger partial charge in [-0.2, -0.15) is 21.6 Å². The highest BCUT2D eigenvalue weighted by molar-refractivity contribution is 7.83. The Kier molecular flexibility index (Phi) is 7.93. The van der Waals surface area contributed by atoms with Crippen LogP contribution in [-0.2, 0) is 34.4 Å². The van der Waals surface area contributed by atoms with Crippen LogP contribution in [0, 0.1) is 11.8 Å². The van der Waals surface area contributed by atoms with E-state index >= 15 is 0 Å². The predicted molar refractivity (Wildman–Crippen MR) is 93.4 cm³/mol. The van der Waals surface area contributed by atoms with Gasteiger partial charge in [-0.25, -0.2) is 4.18 Å². The van der Waals surface area contributed by atoms with Crippen molar-refractivity contribution in [1.82, 2.24) is 9.62 Å². The van der Waals surface area contributed by atoms with Gasteiger partial charge in [0.25, 0.3) is 0 Å². The summed E-state index contributed by atoms with van der Waals surface area (Å²) in [5, 5.41) is 29.7. The molecular weight excluding hydrogens is 440 g/mol. The Labute approximate surface area is 167 Å². The van der Waals surface area contributed by atoms with E-state index in [0.29, 0.717) is 0 Å². The topological polar surface area (TPSA) is 220 Å². The Balaban J connectivity index is 2.17. The van der Waals surface area contributed by atoms with Gasteiger partial charge in [-0.15, -0.1) is 0 Å². The largest absolute Gasteiger partial charge is 0.481 e. The average molecular weight is 464 g/mol. The van der Waals surface area contributed by atoms with E-state index in [0.717, 1.165) is 0 Å². The molecule has 2 heterocycles. The Bertz CT molecular complexity index is 786. The smallest absolute Gasteiger partial charge is 0.397 e. The number of piperidine rings is 1. The third kappa shape index (κ3) is 7.67. The van der Waals surface area contributed by atoms with Crippen LogP contribution in [0.3, 0.4) is 0 Å². The van der Waals surface area contributed by atoms with Crippen molar-refractivity contribution in [3.05, 3.63) is 0 Å². The van der Waals surface area contributed by atoms with Gasteiger partial charge in [0, 0.05) is 25.6 Å². The van der Waals surface area contributed by atoms with Crippen molar-refractivity contribution < 1.29 is 55.0 Å². The van der Waals surface area contributed by atoms with Crippen molar-refractivity contribution in [2.24, 2.45) is 11.8 Å². The number of nitrogens with one attached hydrogen (secondary N) is 1. The van der Waals surface area contributed by atoms with Crippen molar-refractivity contribution in [1.29, 1.82) is 0 Å². The monoisotopic (exact) mass is 464 g/mol. The molecule has 16 heteroatoms. The zero-order chi connectivity index (χ0) is 22.0. The van der Waals surface area contributed by atoms with Crippen molar-refractivity contribution in [3.8, 4) is 0 Å². The third-order valence-corrected chi connectivity index (χ3v) is 5.86. The fourth-order valence-corrected chi connectivity index (χ4v) is 4.50. The van der Waals surface area contributed by atoms with Gasteiger partial charge >= 0.3 is 26.7 Å². The van der Waals surface area contributed by atoms with Crippen molar-refractivity contribution in [2.45, 2.75) is 30.8 Å². The van der Waals surface area contributed by atoms with E-state index in [-0.39, 0.29) is 26.1 Å². The lowest BCUT2D eigenvalue weighted by Gasteiger charge is -2.43. The molecule has 3 unspecified atom stereocenters. The lowest BCUT2D eigenvalue weighted by atomic mass is 9.87. The first-order valence-corrected chi connectivity index (χ1v) is 11.3. The molecule has 0 aromatic carbocycles. The molecule has 0 amide bonds. The fraction of sp³-hybridized carbons (Fsp3) is 0.923. The maximum absolute atomic E-state index is 11.3. The number of ether oxygens (including phenoxy) is 1. The van der Waals surface area contributed by atoms with E-state index in [9.17, 15) is 36.9 Å². The third-order valence-electron chi connectivity index (χ3n) is 4.82. The van der Waals surface area contributed by atoms with Crippen LogP contribution in [0.15, 0.2) is 0 Å². The Hall–Kier alpha value is -0.950. The number of aliphatic hydroxyl groups excluding tert-OH is 2. The van der Waals surface area contributed by atoms with Gasteiger partial charge in [0.2, 0.25) is 0 Å². The number of nitrogens with zero attached hydrogens (tertiary/aromatic N) is 1. The van der Waals surface area contributed by atoms with Gasteiger partial charge in [0.05, 0.1) is 43.5 Å². The number of aliphatic carboxylic acids is 1. The first-order chi connectivity index (χ1) is 13.2. The molecule has 2 rings (SSSR count). The zero-order valence-corrected chi connectivity index (χ0v) is 16.7. The van der Waals surface area contributed by atoms with Crippen molar-refractivity contribution in [2.75, 3.05) is 32.8 Å². The van der Waals surface area contributed by atoms with Crippen LogP contribution in [0.1, 0.15) is 6.42 Å². The van der Waals surface area contributed by atoms with Crippen LogP contribution in [0.25, 0.3) is 0 Å². The van der Waals surface area contributed by atoms with E-state index in [2.05, 4.69) is 4.18 Å². The molecular formula is C13H24N2O12S2. The molecule has 0 saturated carbocycles. The summed E-state index contributed by atoms with van der Waals surface area (Å²) in [5.74, 6) is -3.00. The van der Waals surface area contributed by atoms with Gasteiger partial charge in [-0.1, -0.05) is 0 Å². The molecule has 0 bridgehead atoms. The molecule has 6 atom stereocenters. The Morgan fingerprint density at radius 1 is 1.17 bits per heavy atom. The van der Waals surface area contributed by atoms with Crippen molar-refractivity contribution in [3.63, 3.8) is 0 Å². The number of likely N-dealkylation sites (tertiary alicyclic amines) is 1. The average Bonchev–Trinajstić information content (AvgIpc) is 2.55. The minimum atomic E-state index is -4.81. The molecule has 2 aliphatic heterocycles. The SMILES string of the molecule is O=C(O)C1C[C@H](O)CN(C[C@H]2C(COS(=O)(=O)O)OCC(NS(=O)(=O)O)[C@H]2O)C1. The van der Waals surface area contributed by atoms with Crippen LogP contribution in [-0.4, -0.2) is 109 Å². The lowest BCUT2D eigenvalue weighted by Crippen LogP contribution is -2.60. The van der Waals surface area contributed by atoms with E-state index < -0.39 is 76.1 Å². The maximum atomic E-state index is 11.3. The van der Waals surface area contributed by atoms with Crippen LogP contribution in [0.5, 0.6) is 0 Å². The van der Waals surface area contributed by atoms with E-state index in [1.54, 1.807) is 4.72 Å². The number of hydrogen-bond acceptors (Lipinski definition) is 10. The minimum Gasteiger partial charge on any atom is -0.481 e. The number of carboxylic acid groups (broad SMARTS) is 1. The van der Waals surface area contributed by atoms with Gasteiger partial charge in [0.1, 0.15) is 0 Å². The minimum absolute atomic E-state index is 0.0257. The van der Waals surface area contributed by atoms with Gasteiger partial charge in [-0.3, -0.25) is 18.8 Å². The maximum Gasteiger partial charge on any atom is 0.397 e. The van der Waals surface area contributed by atoms with E-state index in [1.807, 2.05) is 0 Å². The molecule has 6 N–H and O–H groups in total. The zero-order valence-electron chi connectivity index (χ0n) is 15.1. The van der Waals surface area contributed by atoms with Crippen LogP contribution in [0.4, 0.5) is 0 Å². The van der Waals surface area contributed by atoms with E-state index in [1.165, 1.54) is 4.90 Å². The first-order valence-electron chi connectivity index (χ1n) is 8.54. The van der Waals surface area contributed by atoms with Crippen LogP contribution >= 0.6 is 0 Å². The predicted octanol–water partition coefficient (Wildman–Crippen LogP) is -3.29. The summed E-state index contributed by atoms with van der Waals surface area (Å²) in [5.41, 5.74) is 0. The molecule has 2 aliphatic rings. The normalized spacial score (nSPS) is 34.8. The van der Waals surface area contributed by atoms with Gasteiger partial charge < -0.3 is 20.1 Å². The Morgan fingerprint density at radius 2 is 1.83 bits per heavy atom. The highest BCUT2D eigenvalue weighted by Crippen LogP contribution is 2.27. The molecule has 0 aliphatic carbocycles. The molecule has 170 valence electrons. The quantitative estimate of drug-likeness (QED) is 0.194. The number of β-amino-alcohol motifs (C(OH)–C–C–N with tert-alkyl or cyclic N) is 1. The Morgan fingerprint density at radius 3 is 2.38 bits per heavy atom. The number of carbonyl (C=O) groups is 1. The second-order valence-corrected chi connectivity index (χ2v) is 9.36. The second-order valence-electron chi connectivity index (χ2n) is 7.08. The number of rotatable bonds is 8. The summed E-state index contributed by atoms with van der Waals surface area (Å²) in [7, 11) is -9.50. The summed E-state index contributed by atoms with van der Waals surface area (Å²) in [6, 6.07) is -1.28. The summed E-state index contributed by atoms with van der Waals surface area (Å²) in [4.78, 5) is 12.8. The molecule has 2 fully saturated rings. The van der Waals surface area contributed by atoms with Crippen LogP contribution < -0.4 is 4.72 Å². The highest BCUT2D eigenvalue weighted by Gasteiger charge is 2.43. The summed E-state index contributed by atoms with van der Waals surface area (Å²) < 4.78 is 73.0. The van der Waals surface area contributed by atoms with E-state index in [4.69, 9.17) is 13.8 Å². The number of hydrogen-bond donors (Lipinski definition) is 6. The molecule has 2 saturated heterocycles. The summed E-state index contributed by atoms with van der Waals surface area (Å²) in [6.07, 6.45) is -3.51. The highest BCUT2D eigenvalue weighted by atomic mass is 32.3. The van der Waals surface area contributed by atoms with Crippen molar-refractivity contribution >= 4 is 26.7 Å². The molecule has 29 heavy (non-hydrogen) atoms. The standard InChI is InChI=1S/C13H24N2O12S2/c16-8-1-7(13(18)19)2-15(3-8)4-9-11(6-27-29(23,24)25)26-5-10(12(9)17)14-28(20,21)22/h7-12,14,16-17H,1-6H2,(H,18,19)(H,20,21,22)(H,23,24,25)/t7?,8-,9-,10?,11?,12-/m0/s1. The van der Waals surface area contributed by atoms with Crippen LogP contribution in [0.2, 0.25) is 0 Å². The number of aliphatic hydroxyl groups is 2. The molecule has 0 spiro atoms. The summed E-state index contributed by atoms with van der Waals surface area (Å²) >= 11 is 0. The number of carboxylic acids is 1. The van der Waals surface area contributed by atoms with Gasteiger partial charge in [-0.05, 0) is 6.42 Å². The molecule has 0 aromatic heterocycles. The molecule has 14 nitrogen and oxygen atoms in total. The molecule has 0 aromatic rings. The van der Waals surface area contributed by atoms with Gasteiger partial charge in [0.15, 0.2) is 0 Å². The lowest BCUT2D eigenvalue weighted by molar-refractivity contribution is -0.148. The summed E-state index contributed by atoms with van der Waals surface area (Å²) in [6.45, 7) is -1.15. The first kappa shape index (κ1) is 24.3. The molecule has 0 radical (unpaired) electrons. The fourth-order valence-electron chi connectivity index (χ4n) is 3.60. The second kappa shape index (κ2) is 9.46.